The first-order valence-corrected chi connectivity index (χ1v) is 9.42. The van der Waals surface area contributed by atoms with Crippen LogP contribution in [0.4, 0.5) is 5.69 Å². The maximum atomic E-state index is 12.4. The summed E-state index contributed by atoms with van der Waals surface area (Å²) in [6.07, 6.45) is 0. The van der Waals surface area contributed by atoms with Gasteiger partial charge in [-0.05, 0) is 91.0 Å². The van der Waals surface area contributed by atoms with Gasteiger partial charge in [-0.25, -0.2) is 13.1 Å². The third kappa shape index (κ3) is 4.10. The first-order chi connectivity index (χ1) is 10.7. The van der Waals surface area contributed by atoms with Crippen molar-refractivity contribution in [2.45, 2.75) is 18.7 Å². The van der Waals surface area contributed by atoms with Gasteiger partial charge in [-0.1, -0.05) is 0 Å². The number of carbonyl (C=O) groups excluding carboxylic acids is 1. The van der Waals surface area contributed by atoms with Crippen LogP contribution in [-0.4, -0.2) is 21.4 Å². The lowest BCUT2D eigenvalue weighted by atomic mass is 10.1. The molecule has 5 nitrogen and oxygen atoms in total. The summed E-state index contributed by atoms with van der Waals surface area (Å²) in [6.45, 7) is 3.51. The van der Waals surface area contributed by atoms with Crippen LogP contribution in [0.2, 0.25) is 0 Å². The van der Waals surface area contributed by atoms with Crippen molar-refractivity contribution in [3.05, 3.63) is 56.7 Å². The van der Waals surface area contributed by atoms with Crippen LogP contribution in [0.5, 0.6) is 0 Å². The zero-order chi connectivity index (χ0) is 17.2. The van der Waals surface area contributed by atoms with E-state index in [4.69, 9.17) is 0 Å². The summed E-state index contributed by atoms with van der Waals surface area (Å²) in [7, 11) is -2.27. The SMILES string of the molecule is CNS(=O)(=O)c1cc(C(=O)Nc2ccc(I)cc2)cc(C)c1C. The van der Waals surface area contributed by atoms with Crippen LogP contribution in [0.15, 0.2) is 41.3 Å². The Morgan fingerprint density at radius 3 is 2.26 bits per heavy atom. The molecule has 0 bridgehead atoms. The minimum atomic E-state index is -3.62. The molecular formula is C16H17IN2O3S. The third-order valence-corrected chi connectivity index (χ3v) is 5.80. The van der Waals surface area contributed by atoms with Crippen molar-refractivity contribution in [1.82, 2.24) is 4.72 Å². The number of nitrogens with one attached hydrogen (secondary N) is 2. The van der Waals surface area contributed by atoms with E-state index in [1.807, 2.05) is 12.1 Å². The van der Waals surface area contributed by atoms with Crippen LogP contribution >= 0.6 is 22.6 Å². The van der Waals surface area contributed by atoms with E-state index in [0.717, 1.165) is 9.13 Å². The molecule has 0 aliphatic rings. The maximum absolute atomic E-state index is 12.4. The zero-order valence-electron chi connectivity index (χ0n) is 13.0. The van der Waals surface area contributed by atoms with Crippen molar-refractivity contribution < 1.29 is 13.2 Å². The minimum absolute atomic E-state index is 0.118. The van der Waals surface area contributed by atoms with Crippen molar-refractivity contribution >= 4 is 44.2 Å². The second kappa shape index (κ2) is 6.98. The average Bonchev–Trinajstić information content (AvgIpc) is 2.51. The van der Waals surface area contributed by atoms with Crippen LogP contribution < -0.4 is 10.0 Å². The molecule has 0 saturated heterocycles. The molecule has 1 amide bonds. The van der Waals surface area contributed by atoms with Gasteiger partial charge in [0.25, 0.3) is 5.91 Å². The molecule has 7 heteroatoms. The number of hydrogen-bond donors (Lipinski definition) is 2. The van der Waals surface area contributed by atoms with Crippen molar-refractivity contribution in [1.29, 1.82) is 0 Å². The maximum Gasteiger partial charge on any atom is 0.255 e. The lowest BCUT2D eigenvalue weighted by Gasteiger charge is -2.12. The van der Waals surface area contributed by atoms with Crippen molar-refractivity contribution in [3.63, 3.8) is 0 Å². The Morgan fingerprint density at radius 2 is 1.70 bits per heavy atom. The Bertz CT molecular complexity index is 846. The molecule has 23 heavy (non-hydrogen) atoms. The van der Waals surface area contributed by atoms with Gasteiger partial charge in [0.15, 0.2) is 0 Å². The second-order valence-corrected chi connectivity index (χ2v) is 8.19. The van der Waals surface area contributed by atoms with Gasteiger partial charge in [0.1, 0.15) is 0 Å². The molecule has 0 aliphatic heterocycles. The fourth-order valence-electron chi connectivity index (χ4n) is 2.08. The molecule has 0 aromatic heterocycles. The topological polar surface area (TPSA) is 75.3 Å². The molecule has 0 radical (unpaired) electrons. The standard InChI is InChI=1S/C16H17IN2O3S/c1-10-8-12(9-15(11(10)2)23(21,22)18-3)16(20)19-14-6-4-13(17)5-7-14/h4-9,18H,1-3H3,(H,19,20). The number of sulfonamides is 1. The van der Waals surface area contributed by atoms with Crippen LogP contribution in [0.3, 0.4) is 0 Å². The van der Waals surface area contributed by atoms with Crippen molar-refractivity contribution in [3.8, 4) is 0 Å². The Morgan fingerprint density at radius 1 is 1.09 bits per heavy atom. The molecule has 122 valence electrons. The van der Waals surface area contributed by atoms with Gasteiger partial charge >= 0.3 is 0 Å². The van der Waals surface area contributed by atoms with Crippen LogP contribution in [0.1, 0.15) is 21.5 Å². The summed E-state index contributed by atoms with van der Waals surface area (Å²) in [6, 6.07) is 10.4. The quantitative estimate of drug-likeness (QED) is 0.712. The highest BCUT2D eigenvalue weighted by Crippen LogP contribution is 2.22. The molecule has 0 aliphatic carbocycles. The first-order valence-electron chi connectivity index (χ1n) is 6.86. The van der Waals surface area contributed by atoms with Crippen LogP contribution in [0.25, 0.3) is 0 Å². The smallest absolute Gasteiger partial charge is 0.255 e. The molecule has 2 N–H and O–H groups in total. The Hall–Kier alpha value is -1.45. The van der Waals surface area contributed by atoms with Crippen LogP contribution in [0, 0.1) is 17.4 Å². The van der Waals surface area contributed by atoms with E-state index >= 15 is 0 Å². The molecule has 0 spiro atoms. The summed E-state index contributed by atoms with van der Waals surface area (Å²) in [5.74, 6) is -0.345. The number of aryl methyl sites for hydroxylation is 1. The average molecular weight is 444 g/mol. The predicted octanol–water partition coefficient (Wildman–Crippen LogP) is 3.07. The fourth-order valence-corrected chi connectivity index (χ4v) is 3.51. The molecule has 2 rings (SSSR count). The number of hydrogen-bond acceptors (Lipinski definition) is 3. The van der Waals surface area contributed by atoms with Gasteiger partial charge in [-0.3, -0.25) is 4.79 Å². The van der Waals surface area contributed by atoms with E-state index in [1.54, 1.807) is 32.0 Å². The van der Waals surface area contributed by atoms with Gasteiger partial charge in [-0.15, -0.1) is 0 Å². The van der Waals surface area contributed by atoms with E-state index < -0.39 is 10.0 Å². The molecule has 2 aromatic rings. The largest absolute Gasteiger partial charge is 0.322 e. The molecule has 0 atom stereocenters. The number of halogens is 1. The number of carbonyl (C=O) groups is 1. The van der Waals surface area contributed by atoms with Gasteiger partial charge in [-0.2, -0.15) is 0 Å². The van der Waals surface area contributed by atoms with Crippen molar-refractivity contribution in [2.75, 3.05) is 12.4 Å². The van der Waals surface area contributed by atoms with Crippen molar-refractivity contribution in [2.24, 2.45) is 0 Å². The van der Waals surface area contributed by atoms with E-state index in [9.17, 15) is 13.2 Å². The third-order valence-electron chi connectivity index (χ3n) is 3.54. The summed E-state index contributed by atoms with van der Waals surface area (Å²) < 4.78 is 27.6. The summed E-state index contributed by atoms with van der Waals surface area (Å²) in [5.41, 5.74) is 2.34. The fraction of sp³-hybridized carbons (Fsp3) is 0.188. The number of rotatable bonds is 4. The lowest BCUT2D eigenvalue weighted by Crippen LogP contribution is -2.21. The first kappa shape index (κ1) is 17.9. The Labute approximate surface area is 149 Å². The van der Waals surface area contributed by atoms with Gasteiger partial charge in [0.05, 0.1) is 4.90 Å². The van der Waals surface area contributed by atoms with Gasteiger partial charge in [0, 0.05) is 14.8 Å². The van der Waals surface area contributed by atoms with Gasteiger partial charge in [0.2, 0.25) is 10.0 Å². The Balaban J connectivity index is 2.39. The summed E-state index contributed by atoms with van der Waals surface area (Å²) in [5, 5.41) is 2.77. The summed E-state index contributed by atoms with van der Waals surface area (Å²) in [4.78, 5) is 12.5. The number of amides is 1. The highest BCUT2D eigenvalue weighted by molar-refractivity contribution is 14.1. The number of benzene rings is 2. The second-order valence-electron chi connectivity index (χ2n) is 5.08. The molecule has 0 fully saturated rings. The highest BCUT2D eigenvalue weighted by Gasteiger charge is 2.19. The highest BCUT2D eigenvalue weighted by atomic mass is 127. The predicted molar refractivity (Wildman–Crippen MR) is 99.3 cm³/mol. The van der Waals surface area contributed by atoms with E-state index in [-0.39, 0.29) is 10.8 Å². The lowest BCUT2D eigenvalue weighted by molar-refractivity contribution is 0.102. The molecule has 0 heterocycles. The number of anilines is 1. The van der Waals surface area contributed by atoms with E-state index in [1.165, 1.54) is 13.1 Å². The zero-order valence-corrected chi connectivity index (χ0v) is 15.9. The molecule has 0 saturated carbocycles. The minimum Gasteiger partial charge on any atom is -0.322 e. The Kier molecular flexibility index (Phi) is 5.43. The van der Waals surface area contributed by atoms with Crippen LogP contribution in [-0.2, 0) is 10.0 Å². The molecule has 0 unspecified atom stereocenters. The van der Waals surface area contributed by atoms with E-state index in [0.29, 0.717) is 16.8 Å². The van der Waals surface area contributed by atoms with Gasteiger partial charge < -0.3 is 5.32 Å². The normalized spacial score (nSPS) is 11.3. The molecular weight excluding hydrogens is 427 g/mol. The summed E-state index contributed by atoms with van der Waals surface area (Å²) >= 11 is 2.18. The monoisotopic (exact) mass is 444 g/mol. The van der Waals surface area contributed by atoms with E-state index in [2.05, 4.69) is 32.6 Å². The molecule has 2 aromatic carbocycles.